The number of para-hydroxylation sites is 3. The van der Waals surface area contributed by atoms with Crippen LogP contribution in [-0.2, 0) is 0 Å². The average molecular weight is 403 g/mol. The van der Waals surface area contributed by atoms with E-state index in [-0.39, 0.29) is 5.91 Å². The summed E-state index contributed by atoms with van der Waals surface area (Å²) in [6, 6.07) is 21.0. The molecule has 30 heavy (non-hydrogen) atoms. The molecule has 0 bridgehead atoms. The van der Waals surface area contributed by atoms with Gasteiger partial charge in [-0.05, 0) is 43.3 Å². The van der Waals surface area contributed by atoms with Gasteiger partial charge in [0.15, 0.2) is 11.5 Å². The first-order valence-corrected chi connectivity index (χ1v) is 10.2. The third-order valence-electron chi connectivity index (χ3n) is 5.02. The molecule has 0 atom stereocenters. The van der Waals surface area contributed by atoms with Crippen LogP contribution >= 0.6 is 0 Å². The lowest BCUT2D eigenvalue weighted by atomic mass is 10.2. The van der Waals surface area contributed by atoms with Crippen LogP contribution in [0.1, 0.15) is 17.4 Å². The fraction of sp³-hybridized carbons (Fsp3) is 0.261. The summed E-state index contributed by atoms with van der Waals surface area (Å²) in [6.45, 7) is 6.02. The van der Waals surface area contributed by atoms with Crippen LogP contribution in [0.15, 0.2) is 66.7 Å². The summed E-state index contributed by atoms with van der Waals surface area (Å²) in [6.07, 6.45) is 0. The molecule has 3 aromatic rings. The Morgan fingerprint density at radius 1 is 0.900 bits per heavy atom. The number of amides is 1. The Morgan fingerprint density at radius 3 is 2.30 bits per heavy atom. The van der Waals surface area contributed by atoms with Gasteiger partial charge in [0.2, 0.25) is 0 Å². The minimum atomic E-state index is -0.266. The van der Waals surface area contributed by atoms with E-state index in [0.717, 1.165) is 49.1 Å². The molecule has 4 rings (SSSR count). The molecule has 1 aliphatic rings. The number of nitrogens with one attached hydrogen (secondary N) is 1. The molecule has 0 spiro atoms. The summed E-state index contributed by atoms with van der Waals surface area (Å²) in [5.41, 5.74) is 2.15. The smallest absolute Gasteiger partial charge is 0.276 e. The minimum absolute atomic E-state index is 0.266. The first-order chi connectivity index (χ1) is 14.7. The van der Waals surface area contributed by atoms with E-state index in [2.05, 4.69) is 31.4 Å². The third-order valence-corrected chi connectivity index (χ3v) is 5.02. The van der Waals surface area contributed by atoms with E-state index in [4.69, 9.17) is 4.74 Å². The summed E-state index contributed by atoms with van der Waals surface area (Å²) < 4.78 is 5.76. The molecule has 2 aromatic carbocycles. The number of hydrogen-bond acceptors (Lipinski definition) is 6. The van der Waals surface area contributed by atoms with Crippen LogP contribution in [0.5, 0.6) is 5.75 Å². The zero-order chi connectivity index (χ0) is 20.8. The topological polar surface area (TPSA) is 70.6 Å². The number of piperazine rings is 1. The number of hydrogen-bond donors (Lipinski definition) is 1. The van der Waals surface area contributed by atoms with Gasteiger partial charge in [-0.1, -0.05) is 30.3 Å². The van der Waals surface area contributed by atoms with Crippen LogP contribution < -0.4 is 19.9 Å². The SMILES string of the molecule is CCOc1ccccc1N1CCN(c2ccc(C(=O)Nc3ccccc3)nn2)CC1. The van der Waals surface area contributed by atoms with Crippen LogP contribution in [0, 0.1) is 0 Å². The van der Waals surface area contributed by atoms with Crippen LogP contribution in [-0.4, -0.2) is 48.9 Å². The second kappa shape index (κ2) is 9.26. The monoisotopic (exact) mass is 403 g/mol. The summed E-state index contributed by atoms with van der Waals surface area (Å²) in [5.74, 6) is 1.43. The molecule has 0 saturated carbocycles. The van der Waals surface area contributed by atoms with Crippen molar-refractivity contribution in [2.24, 2.45) is 0 Å². The molecule has 2 heterocycles. The minimum Gasteiger partial charge on any atom is -0.492 e. The molecule has 154 valence electrons. The Labute approximate surface area is 176 Å². The van der Waals surface area contributed by atoms with Crippen LogP contribution in [0.4, 0.5) is 17.2 Å². The van der Waals surface area contributed by atoms with Gasteiger partial charge < -0.3 is 19.9 Å². The Bertz CT molecular complexity index is 970. The second-order valence-electron chi connectivity index (χ2n) is 6.97. The van der Waals surface area contributed by atoms with Crippen molar-refractivity contribution in [1.29, 1.82) is 0 Å². The van der Waals surface area contributed by atoms with Crippen molar-refractivity contribution in [3.8, 4) is 5.75 Å². The summed E-state index contributed by atoms with van der Waals surface area (Å²) in [7, 11) is 0. The largest absolute Gasteiger partial charge is 0.492 e. The quantitative estimate of drug-likeness (QED) is 0.680. The van der Waals surface area contributed by atoms with Gasteiger partial charge >= 0.3 is 0 Å². The van der Waals surface area contributed by atoms with E-state index in [0.29, 0.717) is 12.3 Å². The van der Waals surface area contributed by atoms with Gasteiger partial charge in [-0.25, -0.2) is 0 Å². The fourth-order valence-corrected chi connectivity index (χ4v) is 3.50. The molecular weight excluding hydrogens is 378 g/mol. The van der Waals surface area contributed by atoms with Crippen LogP contribution in [0.2, 0.25) is 0 Å². The molecule has 1 fully saturated rings. The van der Waals surface area contributed by atoms with Gasteiger partial charge in [-0.15, -0.1) is 10.2 Å². The Kier molecular flexibility index (Phi) is 6.08. The molecule has 7 heteroatoms. The van der Waals surface area contributed by atoms with Gasteiger partial charge in [0, 0.05) is 31.9 Å². The first-order valence-electron chi connectivity index (χ1n) is 10.2. The Hall–Kier alpha value is -3.61. The number of ether oxygens (including phenoxy) is 1. The van der Waals surface area contributed by atoms with Crippen LogP contribution in [0.3, 0.4) is 0 Å². The molecule has 0 aliphatic carbocycles. The van der Waals surface area contributed by atoms with Crippen molar-refractivity contribution in [1.82, 2.24) is 10.2 Å². The zero-order valence-electron chi connectivity index (χ0n) is 17.0. The summed E-state index contributed by atoms with van der Waals surface area (Å²) in [5, 5.41) is 11.2. The molecule has 1 aromatic heterocycles. The lowest BCUT2D eigenvalue weighted by Gasteiger charge is -2.37. The van der Waals surface area contributed by atoms with E-state index >= 15 is 0 Å². The van der Waals surface area contributed by atoms with E-state index in [9.17, 15) is 4.79 Å². The molecule has 1 N–H and O–H groups in total. The molecule has 7 nitrogen and oxygen atoms in total. The van der Waals surface area contributed by atoms with Gasteiger partial charge in [0.1, 0.15) is 5.75 Å². The maximum absolute atomic E-state index is 12.3. The first kappa shape index (κ1) is 19.7. The zero-order valence-corrected chi connectivity index (χ0v) is 17.0. The van der Waals surface area contributed by atoms with Crippen molar-refractivity contribution in [2.45, 2.75) is 6.92 Å². The highest BCUT2D eigenvalue weighted by Gasteiger charge is 2.21. The van der Waals surface area contributed by atoms with Crippen molar-refractivity contribution in [2.75, 3.05) is 47.9 Å². The standard InChI is InChI=1S/C23H25N5O2/c1-2-30-21-11-7-6-10-20(21)27-14-16-28(17-15-27)22-13-12-19(25-26-22)23(29)24-18-8-4-3-5-9-18/h3-13H,2,14-17H2,1H3,(H,24,29). The molecule has 0 unspecified atom stereocenters. The van der Waals surface area contributed by atoms with Crippen molar-refractivity contribution in [3.05, 3.63) is 72.4 Å². The molecule has 1 amide bonds. The lowest BCUT2D eigenvalue weighted by molar-refractivity contribution is 0.102. The normalized spacial score (nSPS) is 13.8. The maximum atomic E-state index is 12.3. The molecular formula is C23H25N5O2. The highest BCUT2D eigenvalue weighted by Crippen LogP contribution is 2.29. The molecule has 0 radical (unpaired) electrons. The molecule has 1 aliphatic heterocycles. The van der Waals surface area contributed by atoms with Gasteiger partial charge in [-0.2, -0.15) is 0 Å². The number of anilines is 3. The number of aromatic nitrogens is 2. The highest BCUT2D eigenvalue weighted by molar-refractivity contribution is 6.02. The van der Waals surface area contributed by atoms with Crippen molar-refractivity contribution < 1.29 is 9.53 Å². The number of benzene rings is 2. The fourth-order valence-electron chi connectivity index (χ4n) is 3.50. The van der Waals surface area contributed by atoms with Gasteiger partial charge in [0.25, 0.3) is 5.91 Å². The van der Waals surface area contributed by atoms with Gasteiger partial charge in [0.05, 0.1) is 12.3 Å². The average Bonchev–Trinajstić information content (AvgIpc) is 2.81. The van der Waals surface area contributed by atoms with E-state index < -0.39 is 0 Å². The molecule has 1 saturated heterocycles. The number of rotatable bonds is 6. The maximum Gasteiger partial charge on any atom is 0.276 e. The predicted molar refractivity (Wildman–Crippen MR) is 118 cm³/mol. The van der Waals surface area contributed by atoms with Crippen molar-refractivity contribution in [3.63, 3.8) is 0 Å². The van der Waals surface area contributed by atoms with Gasteiger partial charge in [-0.3, -0.25) is 4.79 Å². The highest BCUT2D eigenvalue weighted by atomic mass is 16.5. The summed E-state index contributed by atoms with van der Waals surface area (Å²) in [4.78, 5) is 16.9. The van der Waals surface area contributed by atoms with E-state index in [1.54, 1.807) is 6.07 Å². The number of carbonyl (C=O) groups is 1. The second-order valence-corrected chi connectivity index (χ2v) is 6.97. The van der Waals surface area contributed by atoms with Crippen molar-refractivity contribution >= 4 is 23.1 Å². The Morgan fingerprint density at radius 2 is 1.60 bits per heavy atom. The third kappa shape index (κ3) is 4.51. The number of nitrogens with zero attached hydrogens (tertiary/aromatic N) is 4. The number of carbonyl (C=O) groups excluding carboxylic acids is 1. The lowest BCUT2D eigenvalue weighted by Crippen LogP contribution is -2.47. The summed E-state index contributed by atoms with van der Waals surface area (Å²) >= 11 is 0. The van der Waals surface area contributed by atoms with E-state index in [1.165, 1.54) is 0 Å². The Balaban J connectivity index is 1.37. The van der Waals surface area contributed by atoms with E-state index in [1.807, 2.05) is 61.5 Å². The predicted octanol–water partition coefficient (Wildman–Crippen LogP) is 3.45. The van der Waals surface area contributed by atoms with Crippen LogP contribution in [0.25, 0.3) is 0 Å².